The largest absolute Gasteiger partial charge is 0.295 e. The number of hydrogen-bond acceptors (Lipinski definition) is 3. The van der Waals surface area contributed by atoms with Crippen molar-refractivity contribution in [1.82, 2.24) is 14.5 Å². The summed E-state index contributed by atoms with van der Waals surface area (Å²) >= 11 is 0. The molecule has 0 N–H and O–H groups in total. The van der Waals surface area contributed by atoms with Crippen molar-refractivity contribution in [2.24, 2.45) is 5.41 Å². The van der Waals surface area contributed by atoms with Crippen LogP contribution in [-0.4, -0.2) is 20.5 Å². The number of fused-ring (bicyclic) bond motifs is 2. The Balaban J connectivity index is 1.65. The Bertz CT molecular complexity index is 1080. The molecule has 0 radical (unpaired) electrons. The van der Waals surface area contributed by atoms with Gasteiger partial charge in [0.05, 0.1) is 22.0 Å². The van der Waals surface area contributed by atoms with Crippen LogP contribution in [0.2, 0.25) is 0 Å². The van der Waals surface area contributed by atoms with Crippen LogP contribution in [0.1, 0.15) is 25.1 Å². The molecule has 1 atom stereocenters. The summed E-state index contributed by atoms with van der Waals surface area (Å²) in [6.45, 7) is 0.0686. The van der Waals surface area contributed by atoms with Gasteiger partial charge in [-0.05, 0) is 37.1 Å². The minimum absolute atomic E-state index is 0.0686. The van der Waals surface area contributed by atoms with Crippen LogP contribution in [0.4, 0.5) is 8.78 Å². The maximum Gasteiger partial charge on any atom is 0.261 e. The molecule has 5 rings (SSSR count). The Hall–Kier alpha value is -2.63. The Morgan fingerprint density at radius 1 is 1.15 bits per heavy atom. The predicted molar refractivity (Wildman–Crippen MR) is 94.2 cm³/mol. The van der Waals surface area contributed by atoms with Gasteiger partial charge in [-0.2, -0.15) is 0 Å². The molecule has 1 aliphatic heterocycles. The summed E-state index contributed by atoms with van der Waals surface area (Å²) in [6, 6.07) is 11.1. The van der Waals surface area contributed by atoms with E-state index in [0.29, 0.717) is 36.0 Å². The van der Waals surface area contributed by atoms with E-state index in [9.17, 15) is 13.6 Å². The van der Waals surface area contributed by atoms with Gasteiger partial charge in [0.15, 0.2) is 0 Å². The summed E-state index contributed by atoms with van der Waals surface area (Å²) in [6.07, 6.45) is 3.22. The van der Waals surface area contributed by atoms with Crippen LogP contribution in [0.5, 0.6) is 0 Å². The number of aryl methyl sites for hydroxylation is 1. The zero-order valence-corrected chi connectivity index (χ0v) is 14.1. The van der Waals surface area contributed by atoms with Crippen molar-refractivity contribution in [2.45, 2.75) is 38.2 Å². The second kappa shape index (κ2) is 5.19. The summed E-state index contributed by atoms with van der Waals surface area (Å²) in [5.74, 6) is -2.05. The van der Waals surface area contributed by atoms with Crippen molar-refractivity contribution in [3.05, 3.63) is 58.8 Å². The molecule has 0 amide bonds. The van der Waals surface area contributed by atoms with Crippen molar-refractivity contribution >= 4 is 10.9 Å². The molecule has 26 heavy (non-hydrogen) atoms. The highest BCUT2D eigenvalue weighted by Gasteiger charge is 2.70. The summed E-state index contributed by atoms with van der Waals surface area (Å²) in [5, 5.41) is 0.467. The highest BCUT2D eigenvalue weighted by molar-refractivity contribution is 5.83. The van der Waals surface area contributed by atoms with E-state index in [-0.39, 0.29) is 18.5 Å². The van der Waals surface area contributed by atoms with Crippen LogP contribution in [0, 0.1) is 5.41 Å². The first-order valence-electron chi connectivity index (χ1n) is 8.82. The fourth-order valence-corrected chi connectivity index (χ4v) is 4.10. The van der Waals surface area contributed by atoms with Crippen LogP contribution in [-0.2, 0) is 13.0 Å². The van der Waals surface area contributed by atoms with E-state index < -0.39 is 11.3 Å². The lowest BCUT2D eigenvalue weighted by atomic mass is 10.00. The molecule has 132 valence electrons. The third kappa shape index (κ3) is 2.21. The van der Waals surface area contributed by atoms with Gasteiger partial charge in [-0.3, -0.25) is 14.3 Å². The molecule has 3 aromatic rings. The van der Waals surface area contributed by atoms with Gasteiger partial charge in [-0.15, -0.1) is 0 Å². The van der Waals surface area contributed by atoms with Gasteiger partial charge in [-0.1, -0.05) is 12.1 Å². The topological polar surface area (TPSA) is 47.8 Å². The van der Waals surface area contributed by atoms with E-state index in [1.165, 1.54) is 4.57 Å². The third-order valence-corrected chi connectivity index (χ3v) is 5.72. The van der Waals surface area contributed by atoms with Gasteiger partial charge >= 0.3 is 0 Å². The number of pyridine rings is 1. The number of hydrogen-bond donors (Lipinski definition) is 0. The third-order valence-electron chi connectivity index (χ3n) is 5.72. The first-order valence-corrected chi connectivity index (χ1v) is 8.82. The number of aromatic nitrogens is 3. The summed E-state index contributed by atoms with van der Waals surface area (Å²) in [4.78, 5) is 21.9. The van der Waals surface area contributed by atoms with Crippen LogP contribution in [0.15, 0.2) is 47.4 Å². The number of halogens is 2. The molecular formula is C20H17F2N3O. The highest BCUT2D eigenvalue weighted by Crippen LogP contribution is 2.64. The summed E-state index contributed by atoms with van der Waals surface area (Å²) < 4.78 is 29.3. The molecule has 1 aromatic carbocycles. The van der Waals surface area contributed by atoms with Crippen molar-refractivity contribution in [3.63, 3.8) is 0 Å². The van der Waals surface area contributed by atoms with Crippen molar-refractivity contribution in [2.75, 3.05) is 0 Å². The van der Waals surface area contributed by atoms with E-state index in [2.05, 4.69) is 9.97 Å². The molecule has 2 aromatic heterocycles. The average molecular weight is 353 g/mol. The lowest BCUT2D eigenvalue weighted by Crippen LogP contribution is -2.29. The average Bonchev–Trinajstić information content (AvgIpc) is 3.24. The maximum atomic E-state index is 13.9. The number of alkyl halides is 2. The van der Waals surface area contributed by atoms with Crippen LogP contribution < -0.4 is 5.56 Å². The SMILES string of the molecule is O=c1c2ccc(-c3ccccn3)cc2nc2n1CC1(CCC2)CC1(F)F. The number of benzene rings is 1. The highest BCUT2D eigenvalue weighted by atomic mass is 19.3. The Labute approximate surface area is 148 Å². The Morgan fingerprint density at radius 3 is 2.73 bits per heavy atom. The standard InChI is InChI=1S/C20H17F2N3O/c21-20(22)11-19(20)8-3-5-17-24-16-10-13(15-4-1-2-9-23-15)6-7-14(16)18(26)25(17)12-19/h1-2,4,6-7,9-10H,3,5,8,11-12H2. The van der Waals surface area contributed by atoms with Gasteiger partial charge in [0.2, 0.25) is 0 Å². The quantitative estimate of drug-likeness (QED) is 0.668. The van der Waals surface area contributed by atoms with E-state index in [0.717, 1.165) is 11.3 Å². The summed E-state index contributed by atoms with van der Waals surface area (Å²) in [7, 11) is 0. The number of nitrogens with zero attached hydrogens (tertiary/aromatic N) is 3. The van der Waals surface area contributed by atoms with Gasteiger partial charge in [0, 0.05) is 31.1 Å². The van der Waals surface area contributed by atoms with Crippen molar-refractivity contribution in [3.8, 4) is 11.3 Å². The molecular weight excluding hydrogens is 336 g/mol. The van der Waals surface area contributed by atoms with Crippen LogP contribution >= 0.6 is 0 Å². The molecule has 1 aliphatic carbocycles. The van der Waals surface area contributed by atoms with Crippen LogP contribution in [0.3, 0.4) is 0 Å². The van der Waals surface area contributed by atoms with Crippen molar-refractivity contribution < 1.29 is 8.78 Å². The van der Waals surface area contributed by atoms with Gasteiger partial charge < -0.3 is 0 Å². The number of rotatable bonds is 1. The molecule has 3 heterocycles. The molecule has 2 aliphatic rings. The second-order valence-corrected chi connectivity index (χ2v) is 7.38. The molecule has 0 bridgehead atoms. The first-order chi connectivity index (χ1) is 12.5. The lowest BCUT2D eigenvalue weighted by molar-refractivity contribution is 0.0536. The van der Waals surface area contributed by atoms with E-state index in [1.54, 1.807) is 12.3 Å². The molecule has 6 heteroatoms. The van der Waals surface area contributed by atoms with E-state index in [1.807, 2.05) is 30.3 Å². The molecule has 1 spiro atoms. The van der Waals surface area contributed by atoms with E-state index in [4.69, 9.17) is 0 Å². The maximum absolute atomic E-state index is 13.9. The van der Waals surface area contributed by atoms with Crippen LogP contribution in [0.25, 0.3) is 22.2 Å². The normalized spacial score (nSPS) is 23.6. The zero-order valence-electron chi connectivity index (χ0n) is 14.1. The minimum Gasteiger partial charge on any atom is -0.295 e. The fourth-order valence-electron chi connectivity index (χ4n) is 4.10. The molecule has 1 fully saturated rings. The van der Waals surface area contributed by atoms with Gasteiger partial charge in [0.25, 0.3) is 11.5 Å². The Kier molecular flexibility index (Phi) is 3.12. The lowest BCUT2D eigenvalue weighted by Gasteiger charge is -2.16. The molecule has 4 nitrogen and oxygen atoms in total. The Morgan fingerprint density at radius 2 is 2.00 bits per heavy atom. The minimum atomic E-state index is -2.66. The monoisotopic (exact) mass is 353 g/mol. The fraction of sp³-hybridized carbons (Fsp3) is 0.350. The van der Waals surface area contributed by atoms with Gasteiger partial charge in [-0.25, -0.2) is 13.8 Å². The zero-order chi connectivity index (χ0) is 17.9. The van der Waals surface area contributed by atoms with E-state index >= 15 is 0 Å². The smallest absolute Gasteiger partial charge is 0.261 e. The molecule has 1 unspecified atom stereocenters. The molecule has 0 saturated heterocycles. The summed E-state index contributed by atoms with van der Waals surface area (Å²) in [5.41, 5.74) is 1.02. The second-order valence-electron chi connectivity index (χ2n) is 7.38. The first kappa shape index (κ1) is 15.6. The van der Waals surface area contributed by atoms with Gasteiger partial charge in [0.1, 0.15) is 5.82 Å². The molecule has 1 saturated carbocycles. The van der Waals surface area contributed by atoms with Crippen molar-refractivity contribution in [1.29, 1.82) is 0 Å². The predicted octanol–water partition coefficient (Wildman–Crippen LogP) is 3.82.